The van der Waals surface area contributed by atoms with Crippen molar-refractivity contribution in [2.24, 2.45) is 11.1 Å². The van der Waals surface area contributed by atoms with E-state index >= 15 is 0 Å². The Morgan fingerprint density at radius 2 is 1.85 bits per heavy atom. The van der Waals surface area contributed by atoms with Gasteiger partial charge in [0.15, 0.2) is 0 Å². The normalized spacial score (nSPS) is 18.1. The Labute approximate surface area is 155 Å². The maximum absolute atomic E-state index is 13.2. The van der Waals surface area contributed by atoms with Gasteiger partial charge in [0.1, 0.15) is 11.9 Å². The molecule has 0 heterocycles. The van der Waals surface area contributed by atoms with Crippen molar-refractivity contribution in [1.82, 2.24) is 0 Å². The predicted molar refractivity (Wildman–Crippen MR) is 94.3 cm³/mol. The van der Waals surface area contributed by atoms with Gasteiger partial charge in [0.05, 0.1) is 12.7 Å². The van der Waals surface area contributed by atoms with Crippen molar-refractivity contribution >= 4 is 6.09 Å². The molecule has 2 aromatic carbocycles. The van der Waals surface area contributed by atoms with Crippen LogP contribution in [0.1, 0.15) is 36.6 Å². The predicted octanol–water partition coefficient (Wildman–Crippen LogP) is 5.10. The van der Waals surface area contributed by atoms with Crippen LogP contribution in [0.3, 0.4) is 0 Å². The summed E-state index contributed by atoms with van der Waals surface area (Å²) < 4.78 is 49.8. The smallest absolute Gasteiger partial charge is 0.416 e. The number of methoxy groups -OCH3 is 1. The van der Waals surface area contributed by atoms with Crippen LogP contribution in [-0.2, 0) is 17.3 Å². The Kier molecular flexibility index (Phi) is 4.57. The van der Waals surface area contributed by atoms with Crippen LogP contribution in [0, 0.1) is 5.41 Å². The molecule has 0 saturated heterocycles. The Hall–Kier alpha value is -2.70. The van der Waals surface area contributed by atoms with E-state index in [4.69, 9.17) is 15.2 Å². The number of nitrogens with two attached hydrogens (primary N) is 1. The van der Waals surface area contributed by atoms with Gasteiger partial charge in [-0.05, 0) is 46.9 Å². The number of hydrogen-bond acceptors (Lipinski definition) is 3. The molecule has 27 heavy (non-hydrogen) atoms. The molecule has 3 rings (SSSR count). The number of alkyl halides is 3. The molecule has 1 aliphatic carbocycles. The first-order chi connectivity index (χ1) is 12.5. The summed E-state index contributed by atoms with van der Waals surface area (Å²) >= 11 is 0. The molecule has 7 heteroatoms. The minimum absolute atomic E-state index is 0.135. The molecule has 2 N–H and O–H groups in total. The molecule has 1 amide bonds. The summed E-state index contributed by atoms with van der Waals surface area (Å²) in [6.07, 6.45) is -5.20. The van der Waals surface area contributed by atoms with Crippen LogP contribution in [-0.4, -0.2) is 13.2 Å². The number of carbonyl (C=O) groups excluding carboxylic acids is 1. The Balaban J connectivity index is 2.05. The van der Waals surface area contributed by atoms with Crippen molar-refractivity contribution < 1.29 is 27.4 Å². The highest BCUT2D eigenvalue weighted by atomic mass is 19.4. The molecule has 144 valence electrons. The van der Waals surface area contributed by atoms with E-state index in [0.29, 0.717) is 17.5 Å². The van der Waals surface area contributed by atoms with Crippen LogP contribution >= 0.6 is 0 Å². The van der Waals surface area contributed by atoms with Gasteiger partial charge >= 0.3 is 12.3 Å². The SMILES string of the molecule is COc1cc(-c2ccc3c(c2)CC(C)(C)C3OC(N)=O)cc(C(F)(F)F)c1. The second-order valence-electron chi connectivity index (χ2n) is 7.34. The average Bonchev–Trinajstić information content (AvgIpc) is 2.82. The van der Waals surface area contributed by atoms with Crippen LogP contribution in [0.15, 0.2) is 36.4 Å². The molecule has 0 aromatic heterocycles. The topological polar surface area (TPSA) is 61.6 Å². The molecule has 1 unspecified atom stereocenters. The van der Waals surface area contributed by atoms with Gasteiger partial charge < -0.3 is 15.2 Å². The first kappa shape index (κ1) is 19.1. The molecular weight excluding hydrogens is 359 g/mol. The molecular formula is C20H20F3NO3. The molecule has 4 nitrogen and oxygen atoms in total. The van der Waals surface area contributed by atoms with Crippen molar-refractivity contribution in [2.45, 2.75) is 32.5 Å². The van der Waals surface area contributed by atoms with E-state index in [2.05, 4.69) is 0 Å². The highest BCUT2D eigenvalue weighted by molar-refractivity contribution is 5.69. The lowest BCUT2D eigenvalue weighted by Gasteiger charge is -2.26. The third-order valence-corrected chi connectivity index (χ3v) is 4.82. The fraction of sp³-hybridized carbons (Fsp3) is 0.350. The van der Waals surface area contributed by atoms with Crippen molar-refractivity contribution in [1.29, 1.82) is 0 Å². The summed E-state index contributed by atoms with van der Waals surface area (Å²) in [4.78, 5) is 11.2. The van der Waals surface area contributed by atoms with Gasteiger partial charge in [0.25, 0.3) is 0 Å². The lowest BCUT2D eigenvalue weighted by atomic mass is 9.87. The molecule has 2 aromatic rings. The number of ether oxygens (including phenoxy) is 2. The highest BCUT2D eigenvalue weighted by Gasteiger charge is 2.41. The van der Waals surface area contributed by atoms with Gasteiger partial charge in [-0.25, -0.2) is 4.79 Å². The monoisotopic (exact) mass is 379 g/mol. The minimum Gasteiger partial charge on any atom is -0.497 e. The number of carbonyl (C=O) groups is 1. The van der Waals surface area contributed by atoms with E-state index < -0.39 is 23.9 Å². The molecule has 1 atom stereocenters. The average molecular weight is 379 g/mol. The van der Waals surface area contributed by atoms with Gasteiger partial charge in [0.2, 0.25) is 0 Å². The zero-order valence-corrected chi connectivity index (χ0v) is 15.2. The fourth-order valence-corrected chi connectivity index (χ4v) is 3.59. The van der Waals surface area contributed by atoms with Crippen molar-refractivity contribution in [2.75, 3.05) is 7.11 Å². The first-order valence-electron chi connectivity index (χ1n) is 8.37. The second kappa shape index (κ2) is 6.48. The number of rotatable bonds is 3. The first-order valence-corrected chi connectivity index (χ1v) is 8.37. The molecule has 0 saturated carbocycles. The summed E-state index contributed by atoms with van der Waals surface area (Å²) in [5, 5.41) is 0. The van der Waals surface area contributed by atoms with E-state index in [9.17, 15) is 18.0 Å². The van der Waals surface area contributed by atoms with E-state index in [1.807, 2.05) is 19.9 Å². The zero-order chi connectivity index (χ0) is 20.0. The number of primary amides is 1. The van der Waals surface area contributed by atoms with Crippen LogP contribution in [0.25, 0.3) is 11.1 Å². The van der Waals surface area contributed by atoms with Gasteiger partial charge in [0, 0.05) is 5.41 Å². The third kappa shape index (κ3) is 3.72. The summed E-state index contributed by atoms with van der Waals surface area (Å²) in [5.41, 5.74) is 6.82. The fourth-order valence-electron chi connectivity index (χ4n) is 3.59. The minimum atomic E-state index is -4.47. The van der Waals surface area contributed by atoms with Gasteiger partial charge in [-0.3, -0.25) is 0 Å². The number of amides is 1. The molecule has 1 aliphatic rings. The third-order valence-electron chi connectivity index (χ3n) is 4.82. The van der Waals surface area contributed by atoms with E-state index in [-0.39, 0.29) is 11.2 Å². The van der Waals surface area contributed by atoms with Crippen LogP contribution in [0.4, 0.5) is 18.0 Å². The Morgan fingerprint density at radius 1 is 1.15 bits per heavy atom. The standard InChI is InChI=1S/C20H20F3NO3/c1-19(2)10-13-6-11(4-5-16(13)17(19)27-18(24)25)12-7-14(20(21,22)23)9-15(8-12)26-3/h4-9,17H,10H2,1-3H3,(H2,24,25). The van der Waals surface area contributed by atoms with E-state index in [1.165, 1.54) is 7.11 Å². The van der Waals surface area contributed by atoms with E-state index in [0.717, 1.165) is 23.3 Å². The van der Waals surface area contributed by atoms with Crippen molar-refractivity contribution in [3.05, 3.63) is 53.1 Å². The van der Waals surface area contributed by atoms with Crippen LogP contribution < -0.4 is 10.5 Å². The van der Waals surface area contributed by atoms with Crippen molar-refractivity contribution in [3.63, 3.8) is 0 Å². The van der Waals surface area contributed by atoms with Crippen LogP contribution in [0.5, 0.6) is 5.75 Å². The maximum Gasteiger partial charge on any atom is 0.416 e. The zero-order valence-electron chi connectivity index (χ0n) is 15.2. The Morgan fingerprint density at radius 3 is 2.44 bits per heavy atom. The molecule has 0 radical (unpaired) electrons. The van der Waals surface area contributed by atoms with Crippen LogP contribution in [0.2, 0.25) is 0 Å². The summed E-state index contributed by atoms with van der Waals surface area (Å²) in [7, 11) is 1.33. The van der Waals surface area contributed by atoms with E-state index in [1.54, 1.807) is 18.2 Å². The molecule has 0 aliphatic heterocycles. The van der Waals surface area contributed by atoms with Gasteiger partial charge in [-0.1, -0.05) is 32.0 Å². The number of benzene rings is 2. The van der Waals surface area contributed by atoms with Gasteiger partial charge in [-0.15, -0.1) is 0 Å². The second-order valence-corrected chi connectivity index (χ2v) is 7.34. The summed E-state index contributed by atoms with van der Waals surface area (Å²) in [6, 6.07) is 8.95. The number of halogens is 3. The lowest BCUT2D eigenvalue weighted by Crippen LogP contribution is -2.25. The quantitative estimate of drug-likeness (QED) is 0.807. The molecule has 0 bridgehead atoms. The molecule has 0 fully saturated rings. The summed E-state index contributed by atoms with van der Waals surface area (Å²) in [6.45, 7) is 3.90. The maximum atomic E-state index is 13.2. The highest BCUT2D eigenvalue weighted by Crippen LogP contribution is 2.48. The number of hydrogen-bond donors (Lipinski definition) is 1. The molecule has 0 spiro atoms. The van der Waals surface area contributed by atoms with Crippen molar-refractivity contribution in [3.8, 4) is 16.9 Å². The van der Waals surface area contributed by atoms with Gasteiger partial charge in [-0.2, -0.15) is 13.2 Å². The Bertz CT molecular complexity index is 891. The number of fused-ring (bicyclic) bond motifs is 1. The summed E-state index contributed by atoms with van der Waals surface area (Å²) in [5.74, 6) is 0.135. The lowest BCUT2D eigenvalue weighted by molar-refractivity contribution is -0.137. The largest absolute Gasteiger partial charge is 0.497 e.